The summed E-state index contributed by atoms with van der Waals surface area (Å²) < 4.78 is 6.87. The molecule has 19 heavy (non-hydrogen) atoms. The number of aromatic nitrogens is 2. The number of benzene rings is 1. The van der Waals surface area contributed by atoms with Crippen molar-refractivity contribution in [2.45, 2.75) is 13.0 Å². The molecule has 5 heteroatoms. The molecule has 0 amide bonds. The molecule has 0 aliphatic heterocycles. The normalized spacial score (nSPS) is 12.2. The van der Waals surface area contributed by atoms with Gasteiger partial charge in [0, 0.05) is 24.5 Å². The second-order valence-electron chi connectivity index (χ2n) is 4.45. The highest BCUT2D eigenvalue weighted by atomic mass is 16.5. The Hall–Kier alpha value is -2.01. The molecule has 0 bridgehead atoms. The van der Waals surface area contributed by atoms with Crippen LogP contribution in [0.3, 0.4) is 0 Å². The summed E-state index contributed by atoms with van der Waals surface area (Å²) in [6.45, 7) is 1.95. The van der Waals surface area contributed by atoms with Crippen LogP contribution in [0.5, 0.6) is 5.75 Å². The number of ether oxygens (including phenoxy) is 1. The molecule has 1 aromatic heterocycles. The maximum Gasteiger partial charge on any atom is 0.119 e. The van der Waals surface area contributed by atoms with Gasteiger partial charge in [0.1, 0.15) is 5.75 Å². The number of aliphatic hydroxyl groups excluding tert-OH is 1. The minimum absolute atomic E-state index is 0.0125. The highest BCUT2D eigenvalue weighted by Gasteiger charge is 2.15. The van der Waals surface area contributed by atoms with E-state index in [4.69, 9.17) is 4.74 Å². The topological polar surface area (TPSA) is 59.3 Å². The van der Waals surface area contributed by atoms with Crippen LogP contribution in [0.25, 0.3) is 0 Å². The van der Waals surface area contributed by atoms with Crippen molar-refractivity contribution in [1.29, 1.82) is 0 Å². The van der Waals surface area contributed by atoms with E-state index < -0.39 is 0 Å². The van der Waals surface area contributed by atoms with Crippen LogP contribution in [0.1, 0.15) is 17.3 Å². The summed E-state index contributed by atoms with van der Waals surface area (Å²) in [6, 6.07) is 7.45. The van der Waals surface area contributed by atoms with Gasteiger partial charge in [0.25, 0.3) is 0 Å². The molecule has 0 fully saturated rings. The molecule has 102 valence electrons. The van der Waals surface area contributed by atoms with Gasteiger partial charge in [-0.25, -0.2) is 0 Å². The van der Waals surface area contributed by atoms with Crippen LogP contribution < -0.4 is 10.1 Å². The van der Waals surface area contributed by atoms with Crippen molar-refractivity contribution in [1.82, 2.24) is 9.78 Å². The van der Waals surface area contributed by atoms with Crippen LogP contribution >= 0.6 is 0 Å². The molecule has 0 spiro atoms. The zero-order valence-electron chi connectivity index (χ0n) is 11.4. The van der Waals surface area contributed by atoms with Crippen LogP contribution in [0, 0.1) is 6.92 Å². The van der Waals surface area contributed by atoms with Crippen LogP contribution in [-0.4, -0.2) is 28.6 Å². The fraction of sp³-hybridized carbons (Fsp3) is 0.357. The van der Waals surface area contributed by atoms with Crippen molar-refractivity contribution in [3.05, 3.63) is 41.7 Å². The molecule has 1 aromatic carbocycles. The average molecular weight is 261 g/mol. The van der Waals surface area contributed by atoms with E-state index in [2.05, 4.69) is 10.4 Å². The highest BCUT2D eigenvalue weighted by Crippen LogP contribution is 2.23. The Kier molecular flexibility index (Phi) is 4.06. The molecule has 1 atom stereocenters. The summed E-state index contributed by atoms with van der Waals surface area (Å²) in [5.41, 5.74) is 2.85. The molecule has 2 aromatic rings. The quantitative estimate of drug-likeness (QED) is 0.863. The first-order valence-electron chi connectivity index (χ1n) is 6.15. The first kappa shape index (κ1) is 13.4. The van der Waals surface area contributed by atoms with Crippen molar-refractivity contribution in [2.24, 2.45) is 7.05 Å². The standard InChI is InChI=1S/C14H19N3O2/c1-10-13(8-17(2)16-10)14(9-18)15-11-4-6-12(19-3)7-5-11/h4-8,14-15,18H,9H2,1-3H3. The van der Waals surface area contributed by atoms with E-state index in [0.717, 1.165) is 22.7 Å². The predicted octanol–water partition coefficient (Wildman–Crippen LogP) is 1.88. The van der Waals surface area contributed by atoms with Crippen molar-refractivity contribution < 1.29 is 9.84 Å². The van der Waals surface area contributed by atoms with Crippen molar-refractivity contribution in [3.63, 3.8) is 0 Å². The lowest BCUT2D eigenvalue weighted by Gasteiger charge is -2.17. The predicted molar refractivity (Wildman–Crippen MR) is 74.4 cm³/mol. The molecule has 5 nitrogen and oxygen atoms in total. The SMILES string of the molecule is COc1ccc(NC(CO)c2cn(C)nc2C)cc1. The number of rotatable bonds is 5. The number of aryl methyl sites for hydroxylation is 2. The second kappa shape index (κ2) is 5.75. The van der Waals surface area contributed by atoms with E-state index in [1.807, 2.05) is 44.4 Å². The fourth-order valence-corrected chi connectivity index (χ4v) is 2.07. The largest absolute Gasteiger partial charge is 0.497 e. The summed E-state index contributed by atoms with van der Waals surface area (Å²) in [5, 5.41) is 17.1. The van der Waals surface area contributed by atoms with Gasteiger partial charge in [-0.1, -0.05) is 0 Å². The third kappa shape index (κ3) is 3.06. The molecule has 1 heterocycles. The summed E-state index contributed by atoms with van der Waals surface area (Å²) in [5.74, 6) is 0.809. The van der Waals surface area contributed by atoms with E-state index in [1.165, 1.54) is 0 Å². The summed E-state index contributed by atoms with van der Waals surface area (Å²) >= 11 is 0. The maximum atomic E-state index is 9.55. The molecule has 0 aliphatic rings. The van der Waals surface area contributed by atoms with Crippen molar-refractivity contribution >= 4 is 5.69 Å². The van der Waals surface area contributed by atoms with Gasteiger partial charge in [0.15, 0.2) is 0 Å². The van der Waals surface area contributed by atoms with Crippen molar-refractivity contribution in [2.75, 3.05) is 19.0 Å². The van der Waals surface area contributed by atoms with Crippen molar-refractivity contribution in [3.8, 4) is 5.75 Å². The maximum absolute atomic E-state index is 9.55. The molecular formula is C14H19N3O2. The second-order valence-corrected chi connectivity index (χ2v) is 4.45. The Morgan fingerprint density at radius 2 is 2.05 bits per heavy atom. The first-order chi connectivity index (χ1) is 9.13. The van der Waals surface area contributed by atoms with Crippen LogP contribution in [0.2, 0.25) is 0 Å². The molecule has 2 rings (SSSR count). The third-order valence-electron chi connectivity index (χ3n) is 3.04. The molecule has 0 aliphatic carbocycles. The average Bonchev–Trinajstić information content (AvgIpc) is 2.75. The molecule has 0 radical (unpaired) electrons. The Morgan fingerprint density at radius 3 is 2.53 bits per heavy atom. The molecule has 0 saturated carbocycles. The number of anilines is 1. The monoisotopic (exact) mass is 261 g/mol. The Bertz CT molecular complexity index is 534. The minimum atomic E-state index is -0.165. The van der Waals surface area contributed by atoms with Gasteiger partial charge in [-0.3, -0.25) is 4.68 Å². The van der Waals surface area contributed by atoms with Crippen LogP contribution in [0.15, 0.2) is 30.5 Å². The smallest absolute Gasteiger partial charge is 0.119 e. The molecular weight excluding hydrogens is 242 g/mol. The molecule has 1 unspecified atom stereocenters. The van der Waals surface area contributed by atoms with E-state index in [9.17, 15) is 5.11 Å². The van der Waals surface area contributed by atoms with Gasteiger partial charge in [-0.15, -0.1) is 0 Å². The Morgan fingerprint density at radius 1 is 1.37 bits per heavy atom. The zero-order valence-corrected chi connectivity index (χ0v) is 11.4. The lowest BCUT2D eigenvalue weighted by Crippen LogP contribution is -2.15. The van der Waals surface area contributed by atoms with E-state index in [0.29, 0.717) is 0 Å². The van der Waals surface area contributed by atoms with E-state index in [1.54, 1.807) is 11.8 Å². The summed E-state index contributed by atoms with van der Waals surface area (Å²) in [4.78, 5) is 0. The van der Waals surface area contributed by atoms with Gasteiger partial charge in [-0.05, 0) is 31.2 Å². The summed E-state index contributed by atoms with van der Waals surface area (Å²) in [7, 11) is 3.51. The number of aliphatic hydroxyl groups is 1. The highest BCUT2D eigenvalue weighted by molar-refractivity contribution is 5.48. The minimum Gasteiger partial charge on any atom is -0.497 e. The Labute approximate surface area is 112 Å². The number of hydrogen-bond donors (Lipinski definition) is 2. The first-order valence-corrected chi connectivity index (χ1v) is 6.15. The van der Waals surface area contributed by atoms with Gasteiger partial charge in [-0.2, -0.15) is 5.10 Å². The fourth-order valence-electron chi connectivity index (χ4n) is 2.07. The molecule has 0 saturated heterocycles. The van der Waals surface area contributed by atoms with Gasteiger partial charge in [0.2, 0.25) is 0 Å². The number of nitrogens with zero attached hydrogens (tertiary/aromatic N) is 2. The molecule has 2 N–H and O–H groups in total. The Balaban J connectivity index is 2.16. The lowest BCUT2D eigenvalue weighted by atomic mass is 10.1. The zero-order chi connectivity index (χ0) is 13.8. The van der Waals surface area contributed by atoms with Gasteiger partial charge in [0.05, 0.1) is 25.5 Å². The number of nitrogens with one attached hydrogen (secondary N) is 1. The number of methoxy groups -OCH3 is 1. The number of hydrogen-bond acceptors (Lipinski definition) is 4. The van der Waals surface area contributed by atoms with Gasteiger partial charge < -0.3 is 15.2 Å². The van der Waals surface area contributed by atoms with E-state index >= 15 is 0 Å². The third-order valence-corrected chi connectivity index (χ3v) is 3.04. The van der Waals surface area contributed by atoms with E-state index in [-0.39, 0.29) is 12.6 Å². The lowest BCUT2D eigenvalue weighted by molar-refractivity contribution is 0.276. The van der Waals surface area contributed by atoms with Crippen LogP contribution in [-0.2, 0) is 7.05 Å². The van der Waals surface area contributed by atoms with Gasteiger partial charge >= 0.3 is 0 Å². The summed E-state index contributed by atoms with van der Waals surface area (Å²) in [6.07, 6.45) is 1.92. The van der Waals surface area contributed by atoms with Crippen LogP contribution in [0.4, 0.5) is 5.69 Å².